The lowest BCUT2D eigenvalue weighted by Gasteiger charge is -2.31. The van der Waals surface area contributed by atoms with Gasteiger partial charge in [-0.15, -0.1) is 0 Å². The van der Waals surface area contributed by atoms with Gasteiger partial charge in [0.25, 0.3) is 0 Å². The Kier molecular flexibility index (Phi) is 3.32. The molecule has 0 saturated carbocycles. The van der Waals surface area contributed by atoms with E-state index in [1.165, 1.54) is 0 Å². The third-order valence-electron chi connectivity index (χ3n) is 5.76. The smallest absolute Gasteiger partial charge is 0.240 e. The number of amides is 2. The summed E-state index contributed by atoms with van der Waals surface area (Å²) in [5, 5.41) is 10.5. The Balaban J connectivity index is 1.77. The number of rotatable bonds is 1. The van der Waals surface area contributed by atoms with E-state index in [1.54, 1.807) is 10.9 Å². The molecule has 0 radical (unpaired) electrons. The van der Waals surface area contributed by atoms with E-state index in [0.29, 0.717) is 5.82 Å². The summed E-state index contributed by atoms with van der Waals surface area (Å²) in [4.78, 5) is 25.9. The van der Waals surface area contributed by atoms with Crippen LogP contribution in [-0.2, 0) is 15.0 Å². The molecular formula is C22H20N4O2. The standard InChI is InChI=1S/C22H20N4O2/c1-12-5-7-18(14(3)8-12)26-20-16(11-23-26)22(10-19(27)25-20)15-9-13(2)4-6-17(15)24-21(22)28/h4-9,11H,10H2,1-3H3,(H,24,28)(H,25,27). The van der Waals surface area contributed by atoms with E-state index in [-0.39, 0.29) is 18.2 Å². The normalized spacial score (nSPS) is 20.0. The lowest BCUT2D eigenvalue weighted by atomic mass is 9.71. The zero-order valence-corrected chi connectivity index (χ0v) is 16.0. The molecule has 0 aliphatic carbocycles. The molecule has 1 unspecified atom stereocenters. The largest absolute Gasteiger partial charge is 0.325 e. The zero-order valence-electron chi connectivity index (χ0n) is 16.0. The number of hydrogen-bond acceptors (Lipinski definition) is 3. The van der Waals surface area contributed by atoms with Gasteiger partial charge in [0, 0.05) is 17.7 Å². The number of benzene rings is 2. The van der Waals surface area contributed by atoms with Crippen molar-refractivity contribution in [3.05, 3.63) is 70.4 Å². The van der Waals surface area contributed by atoms with Crippen molar-refractivity contribution in [2.24, 2.45) is 0 Å². The Labute approximate surface area is 162 Å². The number of fused-ring (bicyclic) bond motifs is 4. The SMILES string of the molecule is Cc1ccc(-n2ncc3c2NC(=O)CC32C(=O)Nc3ccc(C)cc32)c(C)c1. The first-order valence-electron chi connectivity index (χ1n) is 9.29. The van der Waals surface area contributed by atoms with Crippen molar-refractivity contribution in [2.75, 3.05) is 10.6 Å². The van der Waals surface area contributed by atoms with E-state index in [4.69, 9.17) is 0 Å². The summed E-state index contributed by atoms with van der Waals surface area (Å²) >= 11 is 0. The number of aromatic nitrogens is 2. The van der Waals surface area contributed by atoms with E-state index >= 15 is 0 Å². The third-order valence-corrected chi connectivity index (χ3v) is 5.76. The van der Waals surface area contributed by atoms with Gasteiger partial charge in [-0.1, -0.05) is 35.4 Å². The monoisotopic (exact) mass is 372 g/mol. The average Bonchev–Trinajstić information content (AvgIpc) is 3.16. The Morgan fingerprint density at radius 2 is 1.71 bits per heavy atom. The maximum absolute atomic E-state index is 13.2. The Bertz CT molecular complexity index is 1180. The van der Waals surface area contributed by atoms with Crippen molar-refractivity contribution < 1.29 is 9.59 Å². The summed E-state index contributed by atoms with van der Waals surface area (Å²) < 4.78 is 1.73. The molecule has 2 aliphatic rings. The fraction of sp³-hybridized carbons (Fsp3) is 0.227. The molecule has 0 bridgehead atoms. The molecule has 3 heterocycles. The van der Waals surface area contributed by atoms with Crippen LogP contribution >= 0.6 is 0 Å². The average molecular weight is 372 g/mol. The third kappa shape index (κ3) is 2.11. The minimum atomic E-state index is -1.05. The molecule has 2 N–H and O–H groups in total. The lowest BCUT2D eigenvalue weighted by molar-refractivity contribution is -0.125. The predicted octanol–water partition coefficient (Wildman–Crippen LogP) is 3.38. The van der Waals surface area contributed by atoms with E-state index < -0.39 is 5.41 Å². The summed E-state index contributed by atoms with van der Waals surface area (Å²) in [6.07, 6.45) is 1.78. The van der Waals surface area contributed by atoms with Crippen molar-refractivity contribution in [3.8, 4) is 5.69 Å². The van der Waals surface area contributed by atoms with Crippen LogP contribution in [0.25, 0.3) is 5.69 Å². The van der Waals surface area contributed by atoms with Crippen LogP contribution in [0.4, 0.5) is 11.5 Å². The minimum Gasteiger partial charge on any atom is -0.325 e. The Hall–Kier alpha value is -3.41. The fourth-order valence-corrected chi connectivity index (χ4v) is 4.43. The van der Waals surface area contributed by atoms with Crippen molar-refractivity contribution >= 4 is 23.3 Å². The van der Waals surface area contributed by atoms with Crippen LogP contribution in [0.15, 0.2) is 42.6 Å². The lowest BCUT2D eigenvalue weighted by Crippen LogP contribution is -2.43. The topological polar surface area (TPSA) is 76.0 Å². The van der Waals surface area contributed by atoms with Gasteiger partial charge >= 0.3 is 0 Å². The Morgan fingerprint density at radius 3 is 2.50 bits per heavy atom. The van der Waals surface area contributed by atoms with Gasteiger partial charge in [-0.25, -0.2) is 4.68 Å². The molecule has 2 amide bonds. The maximum atomic E-state index is 13.2. The van der Waals surface area contributed by atoms with Gasteiger partial charge < -0.3 is 10.6 Å². The number of carbonyl (C=O) groups is 2. The van der Waals surface area contributed by atoms with Gasteiger partial charge in [0.2, 0.25) is 11.8 Å². The summed E-state index contributed by atoms with van der Waals surface area (Å²) in [7, 11) is 0. The zero-order chi connectivity index (χ0) is 19.6. The molecule has 0 fully saturated rings. The van der Waals surface area contributed by atoms with Crippen LogP contribution in [0, 0.1) is 20.8 Å². The van der Waals surface area contributed by atoms with Gasteiger partial charge in [-0.05, 0) is 44.0 Å². The number of anilines is 2. The van der Waals surface area contributed by atoms with Crippen LogP contribution in [0.5, 0.6) is 0 Å². The van der Waals surface area contributed by atoms with Gasteiger partial charge in [0.15, 0.2) is 0 Å². The van der Waals surface area contributed by atoms with E-state index in [9.17, 15) is 9.59 Å². The molecule has 6 nitrogen and oxygen atoms in total. The van der Waals surface area contributed by atoms with E-state index in [1.807, 2.05) is 51.1 Å². The molecule has 6 heteroatoms. The van der Waals surface area contributed by atoms with Crippen LogP contribution in [0.2, 0.25) is 0 Å². The number of aryl methyl sites for hydroxylation is 3. The maximum Gasteiger partial charge on any atom is 0.240 e. The van der Waals surface area contributed by atoms with Crippen molar-refractivity contribution in [3.63, 3.8) is 0 Å². The van der Waals surface area contributed by atoms with Gasteiger partial charge in [-0.2, -0.15) is 5.10 Å². The molecule has 5 rings (SSSR count). The first-order valence-corrected chi connectivity index (χ1v) is 9.29. The molecule has 1 atom stereocenters. The molecule has 1 aromatic heterocycles. The molecule has 0 saturated heterocycles. The number of nitrogens with one attached hydrogen (secondary N) is 2. The first-order chi connectivity index (χ1) is 13.4. The fourth-order valence-electron chi connectivity index (χ4n) is 4.43. The summed E-state index contributed by atoms with van der Waals surface area (Å²) in [5.41, 5.74) is 5.42. The van der Waals surface area contributed by atoms with Gasteiger partial charge in [0.1, 0.15) is 11.2 Å². The van der Waals surface area contributed by atoms with Gasteiger partial charge in [0.05, 0.1) is 11.9 Å². The van der Waals surface area contributed by atoms with Crippen molar-refractivity contribution in [1.29, 1.82) is 0 Å². The highest BCUT2D eigenvalue weighted by Crippen LogP contribution is 2.50. The highest BCUT2D eigenvalue weighted by molar-refractivity contribution is 6.14. The van der Waals surface area contributed by atoms with Crippen LogP contribution in [0.1, 0.15) is 34.2 Å². The quantitative estimate of drug-likeness (QED) is 0.688. The summed E-state index contributed by atoms with van der Waals surface area (Å²) in [6.45, 7) is 6.03. The molecule has 3 aromatic rings. The highest BCUT2D eigenvalue weighted by atomic mass is 16.2. The van der Waals surface area contributed by atoms with Crippen LogP contribution < -0.4 is 10.6 Å². The number of carbonyl (C=O) groups excluding carboxylic acids is 2. The molecular weight excluding hydrogens is 352 g/mol. The molecule has 2 aliphatic heterocycles. The van der Waals surface area contributed by atoms with Crippen molar-refractivity contribution in [2.45, 2.75) is 32.6 Å². The second kappa shape index (κ2) is 5.55. The van der Waals surface area contributed by atoms with E-state index in [2.05, 4.69) is 21.8 Å². The van der Waals surface area contributed by atoms with E-state index in [0.717, 1.165) is 39.2 Å². The Morgan fingerprint density at radius 1 is 0.964 bits per heavy atom. The second-order valence-electron chi connectivity index (χ2n) is 7.74. The summed E-state index contributed by atoms with van der Waals surface area (Å²) in [5.74, 6) is 0.195. The molecule has 140 valence electrons. The van der Waals surface area contributed by atoms with Crippen LogP contribution in [-0.4, -0.2) is 21.6 Å². The molecule has 28 heavy (non-hydrogen) atoms. The van der Waals surface area contributed by atoms with Crippen molar-refractivity contribution in [1.82, 2.24) is 9.78 Å². The molecule has 2 aromatic carbocycles. The van der Waals surface area contributed by atoms with Crippen LogP contribution in [0.3, 0.4) is 0 Å². The number of hydrogen-bond donors (Lipinski definition) is 2. The first kappa shape index (κ1) is 16.7. The molecule has 1 spiro atoms. The predicted molar refractivity (Wildman–Crippen MR) is 107 cm³/mol. The second-order valence-corrected chi connectivity index (χ2v) is 7.74. The van der Waals surface area contributed by atoms with Gasteiger partial charge in [-0.3, -0.25) is 9.59 Å². The minimum absolute atomic E-state index is 0.0703. The highest BCUT2D eigenvalue weighted by Gasteiger charge is 2.54. The number of nitrogens with zero attached hydrogens (tertiary/aromatic N) is 2. The summed E-state index contributed by atoms with van der Waals surface area (Å²) in [6, 6.07) is 11.9.